The zero-order valence-corrected chi connectivity index (χ0v) is 37.8. The number of nitrogens with zero attached hydrogens (tertiary/aromatic N) is 2. The number of aliphatic hydroxyl groups excluding tert-OH is 2. The van der Waals surface area contributed by atoms with E-state index in [0.717, 1.165) is 58.7 Å². The van der Waals surface area contributed by atoms with Gasteiger partial charge in [0, 0.05) is 42.6 Å². The lowest BCUT2D eigenvalue weighted by Crippen LogP contribution is -2.70. The number of rotatable bonds is 21. The zero-order chi connectivity index (χ0) is 43.6. The first kappa shape index (κ1) is 46.2. The molecule has 1 heterocycles. The number of thioether (sulfide) groups is 1. The van der Waals surface area contributed by atoms with Gasteiger partial charge in [0.15, 0.2) is 0 Å². The maximum absolute atomic E-state index is 14.9. The Kier molecular flexibility index (Phi) is 16.1. The molecule has 330 valence electrons. The number of aliphatic hydroxyl groups is 2. The van der Waals surface area contributed by atoms with E-state index in [9.17, 15) is 15.0 Å². The number of ether oxygens (including phenoxy) is 4. The molecule has 6 atom stereocenters. The van der Waals surface area contributed by atoms with E-state index in [1.807, 2.05) is 74.2 Å². The molecule has 0 aromatic heterocycles. The average molecular weight is 855 g/mol. The number of unbranched alkanes of at least 4 members (excludes halogenated alkanes) is 2. The van der Waals surface area contributed by atoms with Crippen molar-refractivity contribution >= 4 is 23.4 Å². The Hall–Kier alpha value is -4.29. The number of carbonyl (C=O) groups is 1. The highest BCUT2D eigenvalue weighted by atomic mass is 32.2. The van der Waals surface area contributed by atoms with Crippen molar-refractivity contribution in [2.75, 3.05) is 39.7 Å². The van der Waals surface area contributed by atoms with E-state index in [4.69, 9.17) is 28.9 Å². The largest absolute Gasteiger partial charge is 0.497 e. The number of allylic oxidation sites excluding steroid dienone is 1. The van der Waals surface area contributed by atoms with Crippen LogP contribution in [0.15, 0.2) is 101 Å². The number of methoxy groups -OCH3 is 1. The number of hydrogen-bond donors (Lipinski definition) is 2. The summed E-state index contributed by atoms with van der Waals surface area (Å²) < 4.78 is 26.6. The van der Waals surface area contributed by atoms with E-state index in [-0.39, 0.29) is 49.9 Å². The average Bonchev–Trinajstić information content (AvgIpc) is 3.25. The van der Waals surface area contributed by atoms with Crippen LogP contribution in [0.5, 0.6) is 23.0 Å². The van der Waals surface area contributed by atoms with Gasteiger partial charge in [-0.15, -0.1) is 18.3 Å². The van der Waals surface area contributed by atoms with E-state index >= 15 is 0 Å². The molecule has 0 spiro atoms. The highest BCUT2D eigenvalue weighted by molar-refractivity contribution is 7.98. The Morgan fingerprint density at radius 2 is 1.74 bits per heavy atom. The summed E-state index contributed by atoms with van der Waals surface area (Å²) >= 11 is 1.68. The third-order valence-corrected chi connectivity index (χ3v) is 12.8. The van der Waals surface area contributed by atoms with Crippen LogP contribution in [0.3, 0.4) is 0 Å². The second-order valence-electron chi connectivity index (χ2n) is 17.4. The van der Waals surface area contributed by atoms with Crippen molar-refractivity contribution < 1.29 is 38.8 Å². The molecule has 3 aromatic rings. The fraction of sp³-hybridized carbons (Fsp3) is 0.520. The summed E-state index contributed by atoms with van der Waals surface area (Å²) in [5.41, 5.74) is 3.07. The molecule has 3 aliphatic rings. The van der Waals surface area contributed by atoms with Crippen LogP contribution in [0, 0.1) is 17.8 Å². The molecule has 0 unspecified atom stereocenters. The number of oxime groups is 1. The number of carbonyl (C=O) groups excluding carboxylic acids is 1. The van der Waals surface area contributed by atoms with Crippen molar-refractivity contribution in [2.24, 2.45) is 22.9 Å². The molecule has 0 bridgehead atoms. The van der Waals surface area contributed by atoms with Crippen LogP contribution in [-0.4, -0.2) is 83.9 Å². The van der Waals surface area contributed by atoms with Gasteiger partial charge in [-0.05, 0) is 137 Å². The second kappa shape index (κ2) is 21.2. The molecule has 1 fully saturated rings. The van der Waals surface area contributed by atoms with E-state index < -0.39 is 23.3 Å². The van der Waals surface area contributed by atoms with E-state index in [2.05, 4.69) is 44.0 Å². The molecule has 1 aliphatic heterocycles. The summed E-state index contributed by atoms with van der Waals surface area (Å²) in [6, 6.07) is 21.2. The SMILES string of the molecule is C=CCO[C@@]12Oc3ccc(Oc4ccc(SC)cc4)cc3[C@H]3[C@H](CCCCO)[C@@H](CCCCO)C=C(C(=NOC(C)(C)C)C[C@@H]1N(CCC)C(=O)Cc1cccc(OC)c1)[C@H]32. The smallest absolute Gasteiger partial charge is 0.239 e. The topological polar surface area (TPSA) is 119 Å². The van der Waals surface area contributed by atoms with E-state index in [1.54, 1.807) is 24.9 Å². The van der Waals surface area contributed by atoms with Crippen LogP contribution in [0.4, 0.5) is 0 Å². The van der Waals surface area contributed by atoms with Gasteiger partial charge in [0.1, 0.15) is 34.6 Å². The third-order valence-electron chi connectivity index (χ3n) is 12.0. The first-order valence-electron chi connectivity index (χ1n) is 22.0. The van der Waals surface area contributed by atoms with Gasteiger partial charge < -0.3 is 38.9 Å². The van der Waals surface area contributed by atoms with Crippen LogP contribution >= 0.6 is 11.8 Å². The van der Waals surface area contributed by atoms with Gasteiger partial charge in [-0.1, -0.05) is 49.2 Å². The van der Waals surface area contributed by atoms with Crippen molar-refractivity contribution in [3.05, 3.63) is 102 Å². The normalized spacial score (nSPS) is 23.6. The minimum Gasteiger partial charge on any atom is -0.497 e. The summed E-state index contributed by atoms with van der Waals surface area (Å²) in [5, 5.41) is 24.9. The molecule has 1 amide bonds. The van der Waals surface area contributed by atoms with Crippen LogP contribution in [-0.2, 0) is 20.8 Å². The summed E-state index contributed by atoms with van der Waals surface area (Å²) in [6.07, 6.45) is 12.2. The molecular formula is C50H66N2O8S. The highest BCUT2D eigenvalue weighted by Gasteiger charge is 2.65. The standard InChI is InChI=1S/C50H66N2O8S/c1-8-25-52(46(55)30-34-15-14-17-37(29-34)56-6)45-33-43(51-60-49(3,4)5)41-31-35(16-10-12-26-53)40(18-11-13-27-54)47-42-32-38(58-36-19-22-39(61-7)23-20-36)21-24-44(42)59-50(45,48(41)47)57-28-9-2/h9,14-15,17,19-24,29,31-32,35,40,45,47-48,53-54H,2,8,10-13,16,18,25-28,30,33H2,1,3-7H3/t35-,40+,45-,47+,48+,50+/m0/s1. The Morgan fingerprint density at radius 1 is 1.00 bits per heavy atom. The lowest BCUT2D eigenvalue weighted by molar-refractivity contribution is -0.257. The minimum absolute atomic E-state index is 0.0513. The number of hydrogen-bond acceptors (Lipinski definition) is 10. The minimum atomic E-state index is -1.33. The van der Waals surface area contributed by atoms with Crippen LogP contribution < -0.4 is 14.2 Å². The Bertz CT molecular complexity index is 1990. The van der Waals surface area contributed by atoms with Gasteiger partial charge in [0.25, 0.3) is 0 Å². The van der Waals surface area contributed by atoms with Crippen molar-refractivity contribution in [3.63, 3.8) is 0 Å². The Labute approximate surface area is 367 Å². The summed E-state index contributed by atoms with van der Waals surface area (Å²) in [5.74, 6) is 1.07. The molecule has 2 aliphatic carbocycles. The predicted molar refractivity (Wildman–Crippen MR) is 243 cm³/mol. The van der Waals surface area contributed by atoms with E-state index in [0.29, 0.717) is 49.5 Å². The van der Waals surface area contributed by atoms with E-state index in [1.165, 1.54) is 0 Å². The Balaban J connectivity index is 1.58. The molecule has 11 heteroatoms. The fourth-order valence-corrected chi connectivity index (χ4v) is 9.85. The summed E-state index contributed by atoms with van der Waals surface area (Å²) in [6.45, 7) is 13.0. The monoisotopic (exact) mass is 854 g/mol. The number of benzene rings is 3. The highest BCUT2D eigenvalue weighted by Crippen LogP contribution is 2.62. The summed E-state index contributed by atoms with van der Waals surface area (Å²) in [7, 11) is 1.63. The van der Waals surface area contributed by atoms with Crippen LogP contribution in [0.25, 0.3) is 0 Å². The Morgan fingerprint density at radius 3 is 2.41 bits per heavy atom. The molecule has 1 saturated carbocycles. The van der Waals surface area contributed by atoms with Gasteiger partial charge in [0.05, 0.1) is 31.8 Å². The van der Waals surface area contributed by atoms with Gasteiger partial charge in [-0.3, -0.25) is 4.79 Å². The zero-order valence-electron chi connectivity index (χ0n) is 36.9. The van der Waals surface area contributed by atoms with Gasteiger partial charge in [0.2, 0.25) is 11.7 Å². The third kappa shape index (κ3) is 10.8. The van der Waals surface area contributed by atoms with Crippen molar-refractivity contribution in [1.82, 2.24) is 4.90 Å². The number of amides is 1. The van der Waals surface area contributed by atoms with Crippen LogP contribution in [0.1, 0.15) is 96.1 Å². The molecule has 3 aromatic carbocycles. The molecule has 0 saturated heterocycles. The fourth-order valence-electron chi connectivity index (χ4n) is 9.44. The van der Waals surface area contributed by atoms with Crippen molar-refractivity contribution in [2.45, 2.75) is 114 Å². The first-order valence-corrected chi connectivity index (χ1v) is 23.2. The maximum Gasteiger partial charge on any atom is 0.239 e. The second-order valence-corrected chi connectivity index (χ2v) is 18.2. The quantitative estimate of drug-likeness (QED) is 0.0467. The molecule has 6 rings (SSSR count). The van der Waals surface area contributed by atoms with Gasteiger partial charge >= 0.3 is 0 Å². The van der Waals surface area contributed by atoms with Crippen LogP contribution in [0.2, 0.25) is 0 Å². The predicted octanol–water partition coefficient (Wildman–Crippen LogP) is 10.1. The molecule has 10 nitrogen and oxygen atoms in total. The van der Waals surface area contributed by atoms with Gasteiger partial charge in [-0.2, -0.15) is 0 Å². The van der Waals surface area contributed by atoms with Gasteiger partial charge in [-0.25, -0.2) is 0 Å². The molecule has 61 heavy (non-hydrogen) atoms. The lowest BCUT2D eigenvalue weighted by Gasteiger charge is -2.60. The lowest BCUT2D eigenvalue weighted by atomic mass is 9.55. The van der Waals surface area contributed by atoms with Crippen molar-refractivity contribution in [3.8, 4) is 23.0 Å². The summed E-state index contributed by atoms with van der Waals surface area (Å²) in [4.78, 5) is 24.3. The van der Waals surface area contributed by atoms with Crippen molar-refractivity contribution in [1.29, 1.82) is 0 Å². The molecule has 0 radical (unpaired) electrons. The maximum atomic E-state index is 14.9. The number of fused-ring (bicyclic) bond motifs is 2. The molecule has 2 N–H and O–H groups in total. The molecular weight excluding hydrogens is 789 g/mol. The first-order chi connectivity index (χ1) is 29.5.